The summed E-state index contributed by atoms with van der Waals surface area (Å²) in [6.45, 7) is 1.69. The van der Waals surface area contributed by atoms with Crippen molar-refractivity contribution in [3.05, 3.63) is 41.4 Å². The lowest BCUT2D eigenvalue weighted by Crippen LogP contribution is -2.49. The van der Waals surface area contributed by atoms with E-state index < -0.39 is 60.6 Å². The van der Waals surface area contributed by atoms with E-state index in [-0.39, 0.29) is 12.2 Å². The van der Waals surface area contributed by atoms with Gasteiger partial charge in [0.2, 0.25) is 0 Å². The van der Waals surface area contributed by atoms with Gasteiger partial charge in [-0.15, -0.1) is 0 Å². The minimum absolute atomic E-state index is 0.186. The topological polar surface area (TPSA) is 83.1 Å². The number of nitrogen functional groups attached to an aromatic ring is 1. The maximum Gasteiger partial charge on any atom is 0.419 e. The van der Waals surface area contributed by atoms with Gasteiger partial charge in [-0.1, -0.05) is 6.07 Å². The predicted molar refractivity (Wildman–Crippen MR) is 100 cm³/mol. The number of nitrogens with two attached hydrogens (primary N) is 1. The highest BCUT2D eigenvalue weighted by Crippen LogP contribution is 2.35. The lowest BCUT2D eigenvalue weighted by Gasteiger charge is -2.28. The number of alkyl halides is 5. The van der Waals surface area contributed by atoms with Crippen molar-refractivity contribution >= 4 is 24.5 Å². The van der Waals surface area contributed by atoms with E-state index in [9.17, 15) is 31.1 Å². The minimum atomic E-state index is -4.70. The monoisotopic (exact) mass is 435 g/mol. The average Bonchev–Trinajstić information content (AvgIpc) is 2.94. The highest BCUT2D eigenvalue weighted by molar-refractivity contribution is 5.99. The van der Waals surface area contributed by atoms with Crippen LogP contribution in [-0.2, 0) is 0 Å². The maximum absolute atomic E-state index is 14.3. The van der Waals surface area contributed by atoms with Crippen LogP contribution in [0.3, 0.4) is 0 Å². The fraction of sp³-hybridized carbons (Fsp3) is 0.389. The molecule has 1 amide bonds. The Morgan fingerprint density at radius 3 is 2.70 bits per heavy atom. The third-order valence-corrected chi connectivity index (χ3v) is 4.40. The molecule has 1 aromatic carbocycles. The van der Waals surface area contributed by atoms with Gasteiger partial charge in [0, 0.05) is 37.6 Å². The van der Waals surface area contributed by atoms with E-state index in [2.05, 4.69) is 22.0 Å². The van der Waals surface area contributed by atoms with Gasteiger partial charge >= 0.3 is 6.18 Å². The second kappa shape index (κ2) is 9.28. The molecule has 1 heterocycles. The molecule has 0 spiro atoms. The molecule has 1 fully saturated rings. The van der Waals surface area contributed by atoms with Gasteiger partial charge in [-0.05, 0) is 18.9 Å². The van der Waals surface area contributed by atoms with E-state index in [0.29, 0.717) is 12.4 Å². The van der Waals surface area contributed by atoms with E-state index >= 15 is 0 Å². The molecule has 0 aliphatic carbocycles. The number of allylic oxidation sites excluding steroid dienone is 1. The number of hydrogen-bond donors (Lipinski definition) is 2. The molecule has 1 aliphatic heterocycles. The first-order valence-electron chi connectivity index (χ1n) is 8.65. The van der Waals surface area contributed by atoms with Gasteiger partial charge in [-0.2, -0.15) is 13.2 Å². The van der Waals surface area contributed by atoms with Crippen LogP contribution in [0.5, 0.6) is 0 Å². The number of nitrogens with zero attached hydrogens (tertiary/aromatic N) is 3. The Labute approximate surface area is 168 Å². The Balaban J connectivity index is 2.07. The van der Waals surface area contributed by atoms with Crippen molar-refractivity contribution in [3.63, 3.8) is 0 Å². The molecule has 0 unspecified atom stereocenters. The number of amides is 1. The first-order valence-corrected chi connectivity index (χ1v) is 8.65. The zero-order valence-electron chi connectivity index (χ0n) is 15.6. The number of anilines is 1. The van der Waals surface area contributed by atoms with E-state index in [4.69, 9.17) is 5.73 Å². The van der Waals surface area contributed by atoms with Crippen LogP contribution in [0, 0.1) is 5.82 Å². The summed E-state index contributed by atoms with van der Waals surface area (Å²) in [4.78, 5) is 19.9. The van der Waals surface area contributed by atoms with Gasteiger partial charge in [0.1, 0.15) is 11.9 Å². The molecule has 1 aliphatic rings. The molecule has 1 saturated heterocycles. The van der Waals surface area contributed by atoms with Crippen molar-refractivity contribution in [2.45, 2.75) is 24.6 Å². The second-order valence-corrected chi connectivity index (χ2v) is 6.42. The van der Waals surface area contributed by atoms with Gasteiger partial charge in [0.05, 0.1) is 17.8 Å². The summed E-state index contributed by atoms with van der Waals surface area (Å²) < 4.78 is 80.5. The van der Waals surface area contributed by atoms with Crippen LogP contribution >= 0.6 is 0 Å². The van der Waals surface area contributed by atoms with Crippen LogP contribution in [0.4, 0.5) is 32.0 Å². The van der Waals surface area contributed by atoms with Gasteiger partial charge in [-0.25, -0.2) is 13.2 Å². The molecule has 12 heteroatoms. The number of aliphatic imine (C=N–C) groups is 2. The fourth-order valence-electron chi connectivity index (χ4n) is 2.92. The van der Waals surface area contributed by atoms with E-state index in [0.717, 1.165) is 11.0 Å². The van der Waals surface area contributed by atoms with Crippen LogP contribution in [0.25, 0.3) is 0 Å². The minimum Gasteiger partial charge on any atom is -0.398 e. The number of benzene rings is 1. The number of likely N-dealkylation sites (tertiary alicyclic amines) is 1. The van der Waals surface area contributed by atoms with Crippen molar-refractivity contribution in [2.24, 2.45) is 9.98 Å². The molecule has 2 rings (SSSR count). The lowest BCUT2D eigenvalue weighted by molar-refractivity contribution is -0.0857. The van der Waals surface area contributed by atoms with Gasteiger partial charge < -0.3 is 10.6 Å². The summed E-state index contributed by atoms with van der Waals surface area (Å²) in [5.74, 6) is -5.21. The summed E-state index contributed by atoms with van der Waals surface area (Å²) >= 11 is 0. The van der Waals surface area contributed by atoms with E-state index in [1.807, 2.05) is 0 Å². The number of carbonyl (C=O) groups excluding carboxylic acids is 1. The maximum atomic E-state index is 14.3. The standard InChI is InChI=1S/C18H19F6N5O/c1-26-7-11(18(22,23)24)8-27-10-28-9-14-17(20,21)5-6-29(14)16(30)15-12(19)3-2-4-13(15)25/h2-4,7-8,14,28H,1,5-6,9-10,25H2/b11-7+,27-8-/t14-/m1/s1. The molecule has 1 aromatic rings. The summed E-state index contributed by atoms with van der Waals surface area (Å²) in [6.07, 6.45) is -4.40. The molecule has 0 bridgehead atoms. The molecule has 30 heavy (non-hydrogen) atoms. The second-order valence-electron chi connectivity index (χ2n) is 6.42. The molecule has 164 valence electrons. The first kappa shape index (κ1) is 23.4. The number of rotatable bonds is 7. The van der Waals surface area contributed by atoms with Crippen molar-refractivity contribution in [3.8, 4) is 0 Å². The Morgan fingerprint density at radius 2 is 2.10 bits per heavy atom. The van der Waals surface area contributed by atoms with Crippen LogP contribution in [0.1, 0.15) is 16.8 Å². The molecule has 1 atom stereocenters. The van der Waals surface area contributed by atoms with E-state index in [1.54, 1.807) is 0 Å². The highest BCUT2D eigenvalue weighted by Gasteiger charge is 2.50. The van der Waals surface area contributed by atoms with Gasteiger partial charge in [-0.3, -0.25) is 20.1 Å². The number of halogens is 6. The third-order valence-electron chi connectivity index (χ3n) is 4.40. The first-order chi connectivity index (χ1) is 14.0. The molecule has 0 saturated carbocycles. The van der Waals surface area contributed by atoms with E-state index in [1.165, 1.54) is 12.1 Å². The summed E-state index contributed by atoms with van der Waals surface area (Å²) in [6, 6.07) is 1.90. The molecule has 0 aromatic heterocycles. The molecule has 3 N–H and O–H groups in total. The Bertz CT molecular complexity index is 832. The Kier molecular flexibility index (Phi) is 7.24. The summed E-state index contributed by atoms with van der Waals surface area (Å²) in [7, 11) is 0. The number of nitrogens with one attached hydrogen (secondary N) is 1. The van der Waals surface area contributed by atoms with Crippen LogP contribution in [-0.4, -0.2) is 61.6 Å². The third kappa shape index (κ3) is 5.38. The molecule has 0 radical (unpaired) electrons. The fourth-order valence-corrected chi connectivity index (χ4v) is 2.92. The quantitative estimate of drug-likeness (QED) is 0.299. The van der Waals surface area contributed by atoms with Gasteiger partial charge in [0.25, 0.3) is 11.8 Å². The smallest absolute Gasteiger partial charge is 0.398 e. The van der Waals surface area contributed by atoms with Gasteiger partial charge in [0.15, 0.2) is 0 Å². The Morgan fingerprint density at radius 1 is 1.40 bits per heavy atom. The van der Waals surface area contributed by atoms with Crippen LogP contribution < -0.4 is 11.1 Å². The average molecular weight is 435 g/mol. The predicted octanol–water partition coefficient (Wildman–Crippen LogP) is 3.02. The van der Waals surface area contributed by atoms with Crippen molar-refractivity contribution in [2.75, 3.05) is 25.5 Å². The summed E-state index contributed by atoms with van der Waals surface area (Å²) in [5.41, 5.74) is 3.75. The molecule has 6 nitrogen and oxygen atoms in total. The molecular weight excluding hydrogens is 416 g/mol. The van der Waals surface area contributed by atoms with Crippen LogP contribution in [0.2, 0.25) is 0 Å². The number of hydrogen-bond acceptors (Lipinski definition) is 5. The zero-order chi connectivity index (χ0) is 22.5. The van der Waals surface area contributed by atoms with Crippen LogP contribution in [0.15, 0.2) is 40.0 Å². The van der Waals surface area contributed by atoms with Crippen molar-refractivity contribution < 1.29 is 31.1 Å². The molecular formula is C18H19F6N5O. The largest absolute Gasteiger partial charge is 0.419 e. The zero-order valence-corrected chi connectivity index (χ0v) is 15.6. The lowest BCUT2D eigenvalue weighted by atomic mass is 10.1. The Hall–Kier alpha value is -2.89. The normalized spacial score (nSPS) is 19.5. The van der Waals surface area contributed by atoms with Crippen molar-refractivity contribution in [1.82, 2.24) is 10.2 Å². The highest BCUT2D eigenvalue weighted by atomic mass is 19.4. The van der Waals surface area contributed by atoms with Crippen molar-refractivity contribution in [1.29, 1.82) is 0 Å². The summed E-state index contributed by atoms with van der Waals surface area (Å²) in [5, 5.41) is 2.46. The number of carbonyl (C=O) groups is 1. The SMILES string of the molecule is C=N/C=C(\C=N/CNC[C@H]1N(C(=O)c2c(N)cccc2F)CCC1(F)F)C(F)(F)F.